The van der Waals surface area contributed by atoms with E-state index in [1.54, 1.807) is 0 Å². The van der Waals surface area contributed by atoms with Gasteiger partial charge < -0.3 is 16.4 Å². The standard InChI is InChI=1S/C18H23N3O/c19-11-13-21(12-10-15-4-2-1-3-5-15)18(22)14-16-6-8-17(20)9-7-16/h1-9H,10-14,19-20H2. The van der Waals surface area contributed by atoms with Gasteiger partial charge in [0.1, 0.15) is 0 Å². The number of hydrogen-bond acceptors (Lipinski definition) is 3. The van der Waals surface area contributed by atoms with Crippen LogP contribution in [0.25, 0.3) is 0 Å². The SMILES string of the molecule is NCCN(CCc1ccccc1)C(=O)Cc1ccc(N)cc1. The van der Waals surface area contributed by atoms with Gasteiger partial charge in [0.15, 0.2) is 0 Å². The molecule has 4 heteroatoms. The molecule has 4 nitrogen and oxygen atoms in total. The van der Waals surface area contributed by atoms with Gasteiger partial charge in [0.25, 0.3) is 0 Å². The maximum Gasteiger partial charge on any atom is 0.227 e. The van der Waals surface area contributed by atoms with Crippen LogP contribution in [-0.2, 0) is 17.6 Å². The molecule has 0 spiro atoms. The van der Waals surface area contributed by atoms with Crippen LogP contribution in [0.1, 0.15) is 11.1 Å². The summed E-state index contributed by atoms with van der Waals surface area (Å²) in [5, 5.41) is 0. The fourth-order valence-corrected chi connectivity index (χ4v) is 2.35. The first-order valence-electron chi connectivity index (χ1n) is 7.55. The number of rotatable bonds is 7. The summed E-state index contributed by atoms with van der Waals surface area (Å²) in [7, 11) is 0. The summed E-state index contributed by atoms with van der Waals surface area (Å²) < 4.78 is 0. The highest BCUT2D eigenvalue weighted by atomic mass is 16.2. The Balaban J connectivity index is 1.94. The third-order valence-corrected chi connectivity index (χ3v) is 3.60. The van der Waals surface area contributed by atoms with Crippen molar-refractivity contribution in [3.63, 3.8) is 0 Å². The van der Waals surface area contributed by atoms with Crippen molar-refractivity contribution in [2.45, 2.75) is 12.8 Å². The second-order valence-corrected chi connectivity index (χ2v) is 5.32. The van der Waals surface area contributed by atoms with Gasteiger partial charge in [0, 0.05) is 25.3 Å². The normalized spacial score (nSPS) is 10.4. The van der Waals surface area contributed by atoms with E-state index in [9.17, 15) is 4.79 Å². The van der Waals surface area contributed by atoms with Crippen molar-refractivity contribution in [3.8, 4) is 0 Å². The minimum absolute atomic E-state index is 0.103. The molecular formula is C18H23N3O. The number of nitrogen functional groups attached to an aromatic ring is 1. The van der Waals surface area contributed by atoms with Gasteiger partial charge in [-0.2, -0.15) is 0 Å². The Morgan fingerprint density at radius 3 is 2.23 bits per heavy atom. The molecule has 22 heavy (non-hydrogen) atoms. The van der Waals surface area contributed by atoms with E-state index in [0.29, 0.717) is 31.7 Å². The van der Waals surface area contributed by atoms with Crippen molar-refractivity contribution in [2.75, 3.05) is 25.4 Å². The molecule has 0 atom stereocenters. The van der Waals surface area contributed by atoms with Crippen molar-refractivity contribution < 1.29 is 4.79 Å². The van der Waals surface area contributed by atoms with Crippen molar-refractivity contribution in [2.24, 2.45) is 5.73 Å². The van der Waals surface area contributed by atoms with E-state index in [2.05, 4.69) is 12.1 Å². The molecule has 0 bridgehead atoms. The first-order valence-corrected chi connectivity index (χ1v) is 7.55. The molecule has 0 heterocycles. The molecule has 2 aromatic carbocycles. The zero-order chi connectivity index (χ0) is 15.8. The number of carbonyl (C=O) groups excluding carboxylic acids is 1. The Hall–Kier alpha value is -2.33. The van der Waals surface area contributed by atoms with E-state index in [1.807, 2.05) is 47.4 Å². The highest BCUT2D eigenvalue weighted by Gasteiger charge is 2.13. The van der Waals surface area contributed by atoms with Gasteiger partial charge in [-0.15, -0.1) is 0 Å². The van der Waals surface area contributed by atoms with Gasteiger partial charge in [0.05, 0.1) is 6.42 Å². The Bertz CT molecular complexity index is 581. The summed E-state index contributed by atoms with van der Waals surface area (Å²) in [6.45, 7) is 1.75. The number of anilines is 1. The van der Waals surface area contributed by atoms with Crippen molar-refractivity contribution in [1.29, 1.82) is 0 Å². The lowest BCUT2D eigenvalue weighted by Gasteiger charge is -2.22. The molecule has 4 N–H and O–H groups in total. The quantitative estimate of drug-likeness (QED) is 0.766. The molecular weight excluding hydrogens is 274 g/mol. The fraction of sp³-hybridized carbons (Fsp3) is 0.278. The van der Waals surface area contributed by atoms with E-state index in [4.69, 9.17) is 11.5 Å². The predicted octanol–water partition coefficient (Wildman–Crippen LogP) is 1.84. The van der Waals surface area contributed by atoms with E-state index in [0.717, 1.165) is 12.0 Å². The summed E-state index contributed by atoms with van der Waals surface area (Å²) in [5.74, 6) is 0.103. The van der Waals surface area contributed by atoms with Gasteiger partial charge in [-0.05, 0) is 29.7 Å². The summed E-state index contributed by atoms with van der Waals surface area (Å²) in [6.07, 6.45) is 1.23. The van der Waals surface area contributed by atoms with Crippen LogP contribution in [0, 0.1) is 0 Å². The third-order valence-electron chi connectivity index (χ3n) is 3.60. The first-order chi connectivity index (χ1) is 10.7. The van der Waals surface area contributed by atoms with E-state index in [-0.39, 0.29) is 5.91 Å². The molecule has 0 aromatic heterocycles. The molecule has 0 aliphatic heterocycles. The zero-order valence-electron chi connectivity index (χ0n) is 12.7. The topological polar surface area (TPSA) is 72.3 Å². The summed E-state index contributed by atoms with van der Waals surface area (Å²) in [6, 6.07) is 17.6. The molecule has 0 radical (unpaired) electrons. The van der Waals surface area contributed by atoms with Crippen LogP contribution in [0.5, 0.6) is 0 Å². The summed E-state index contributed by atoms with van der Waals surface area (Å²) in [4.78, 5) is 14.3. The number of benzene rings is 2. The molecule has 0 fully saturated rings. The Morgan fingerprint density at radius 1 is 0.909 bits per heavy atom. The number of hydrogen-bond donors (Lipinski definition) is 2. The highest BCUT2D eigenvalue weighted by Crippen LogP contribution is 2.08. The summed E-state index contributed by atoms with van der Waals surface area (Å²) >= 11 is 0. The second-order valence-electron chi connectivity index (χ2n) is 5.32. The predicted molar refractivity (Wildman–Crippen MR) is 90.3 cm³/mol. The second kappa shape index (κ2) is 8.20. The molecule has 0 aliphatic carbocycles. The number of nitrogens with zero attached hydrogens (tertiary/aromatic N) is 1. The highest BCUT2D eigenvalue weighted by molar-refractivity contribution is 5.79. The number of nitrogens with two attached hydrogens (primary N) is 2. The lowest BCUT2D eigenvalue weighted by Crippen LogP contribution is -2.37. The van der Waals surface area contributed by atoms with Gasteiger partial charge in [-0.25, -0.2) is 0 Å². The maximum absolute atomic E-state index is 12.4. The smallest absolute Gasteiger partial charge is 0.227 e. The molecule has 1 amide bonds. The van der Waals surface area contributed by atoms with Crippen LogP contribution in [0.3, 0.4) is 0 Å². The lowest BCUT2D eigenvalue weighted by atomic mass is 10.1. The van der Waals surface area contributed by atoms with Gasteiger partial charge in [0.2, 0.25) is 5.91 Å². The van der Waals surface area contributed by atoms with E-state index >= 15 is 0 Å². The lowest BCUT2D eigenvalue weighted by molar-refractivity contribution is -0.130. The molecule has 0 aliphatic rings. The van der Waals surface area contributed by atoms with E-state index in [1.165, 1.54) is 5.56 Å². The van der Waals surface area contributed by atoms with Crippen molar-refractivity contribution >= 4 is 11.6 Å². The maximum atomic E-state index is 12.4. The van der Waals surface area contributed by atoms with Gasteiger partial charge in [-0.3, -0.25) is 4.79 Å². The third kappa shape index (κ3) is 4.90. The van der Waals surface area contributed by atoms with Gasteiger partial charge in [-0.1, -0.05) is 42.5 Å². The monoisotopic (exact) mass is 297 g/mol. The summed E-state index contributed by atoms with van der Waals surface area (Å²) in [5.41, 5.74) is 14.2. The van der Waals surface area contributed by atoms with Crippen LogP contribution < -0.4 is 11.5 Å². The average Bonchev–Trinajstić information content (AvgIpc) is 2.54. The molecule has 2 rings (SSSR count). The zero-order valence-corrected chi connectivity index (χ0v) is 12.7. The van der Waals surface area contributed by atoms with Crippen LogP contribution in [0.4, 0.5) is 5.69 Å². The minimum atomic E-state index is 0.103. The van der Waals surface area contributed by atoms with Crippen LogP contribution in [-0.4, -0.2) is 30.4 Å². The van der Waals surface area contributed by atoms with Crippen LogP contribution >= 0.6 is 0 Å². The fourth-order valence-electron chi connectivity index (χ4n) is 2.35. The first kappa shape index (κ1) is 16.0. The molecule has 2 aromatic rings. The Morgan fingerprint density at radius 2 is 1.59 bits per heavy atom. The van der Waals surface area contributed by atoms with Crippen LogP contribution in [0.15, 0.2) is 54.6 Å². The molecule has 0 unspecified atom stereocenters. The van der Waals surface area contributed by atoms with E-state index < -0.39 is 0 Å². The largest absolute Gasteiger partial charge is 0.399 e. The molecule has 116 valence electrons. The Kier molecular flexibility index (Phi) is 5.98. The average molecular weight is 297 g/mol. The van der Waals surface area contributed by atoms with Gasteiger partial charge >= 0.3 is 0 Å². The Labute approximate surface area is 131 Å². The van der Waals surface area contributed by atoms with Crippen molar-refractivity contribution in [3.05, 3.63) is 65.7 Å². The van der Waals surface area contributed by atoms with Crippen LogP contribution in [0.2, 0.25) is 0 Å². The molecule has 0 saturated heterocycles. The number of carbonyl (C=O) groups is 1. The number of amides is 1. The molecule has 0 saturated carbocycles. The minimum Gasteiger partial charge on any atom is -0.399 e. The van der Waals surface area contributed by atoms with Crippen molar-refractivity contribution in [1.82, 2.24) is 4.90 Å².